The number of carbonyl (C=O) groups is 3. The molecule has 7 heteroatoms. The molecule has 1 amide bonds. The Hall–Kier alpha value is -3.19. The first-order valence-corrected chi connectivity index (χ1v) is 8.24. The van der Waals surface area contributed by atoms with Crippen molar-refractivity contribution in [2.75, 3.05) is 11.9 Å². The number of carboxylic acid groups (broad SMARTS) is 1. The molecule has 26 heavy (non-hydrogen) atoms. The van der Waals surface area contributed by atoms with Crippen LogP contribution in [-0.2, 0) is 4.79 Å². The summed E-state index contributed by atoms with van der Waals surface area (Å²) in [5.41, 5.74) is 4.88. The Kier molecular flexibility index (Phi) is 4.73. The molecule has 0 unspecified atom stereocenters. The van der Waals surface area contributed by atoms with E-state index in [9.17, 15) is 19.5 Å². The summed E-state index contributed by atoms with van der Waals surface area (Å²) in [6.07, 6.45) is 1.02. The van der Waals surface area contributed by atoms with E-state index in [1.54, 1.807) is 42.5 Å². The summed E-state index contributed by atoms with van der Waals surface area (Å²) in [4.78, 5) is 36.6. The number of carbonyl (C=O) groups excluding carboxylic acids is 2. The van der Waals surface area contributed by atoms with Crippen LogP contribution in [0.3, 0.4) is 0 Å². The molecule has 7 nitrogen and oxygen atoms in total. The Labute approximate surface area is 150 Å². The lowest BCUT2D eigenvalue weighted by atomic mass is 9.95. The van der Waals surface area contributed by atoms with Gasteiger partial charge in [0, 0.05) is 16.8 Å². The summed E-state index contributed by atoms with van der Waals surface area (Å²) in [7, 11) is 0. The largest absolute Gasteiger partial charge is 0.478 e. The average Bonchev–Trinajstić information content (AvgIpc) is 3.11. The molecule has 2 aromatic rings. The van der Waals surface area contributed by atoms with Gasteiger partial charge in [-0.15, -0.1) is 0 Å². The second-order valence-corrected chi connectivity index (χ2v) is 6.15. The molecule has 134 valence electrons. The van der Waals surface area contributed by atoms with Crippen LogP contribution in [0.2, 0.25) is 0 Å². The molecule has 5 N–H and O–H groups in total. The number of primary amides is 1. The fourth-order valence-corrected chi connectivity index (χ4v) is 3.17. The molecular weight excluding hydrogens is 334 g/mol. The molecule has 1 saturated heterocycles. The lowest BCUT2D eigenvalue weighted by Crippen LogP contribution is -2.54. The van der Waals surface area contributed by atoms with Crippen molar-refractivity contribution in [3.63, 3.8) is 0 Å². The fourth-order valence-electron chi connectivity index (χ4n) is 3.17. The van der Waals surface area contributed by atoms with Gasteiger partial charge in [0.2, 0.25) is 0 Å². The van der Waals surface area contributed by atoms with Crippen LogP contribution < -0.4 is 16.4 Å². The first-order chi connectivity index (χ1) is 12.4. The maximum atomic E-state index is 12.8. The van der Waals surface area contributed by atoms with E-state index in [1.165, 1.54) is 6.07 Å². The Bertz CT molecular complexity index is 858. The summed E-state index contributed by atoms with van der Waals surface area (Å²) in [5, 5.41) is 15.4. The van der Waals surface area contributed by atoms with Gasteiger partial charge in [0.1, 0.15) is 0 Å². The zero-order chi connectivity index (χ0) is 18.7. The number of carboxylic acids is 1. The maximum absolute atomic E-state index is 12.8. The van der Waals surface area contributed by atoms with Gasteiger partial charge in [0.15, 0.2) is 11.4 Å². The molecule has 0 bridgehead atoms. The van der Waals surface area contributed by atoms with Crippen LogP contribution in [-0.4, -0.2) is 35.0 Å². The van der Waals surface area contributed by atoms with Crippen molar-refractivity contribution < 1.29 is 19.5 Å². The predicted molar refractivity (Wildman–Crippen MR) is 96.1 cm³/mol. The van der Waals surface area contributed by atoms with Gasteiger partial charge in [-0.05, 0) is 25.5 Å². The standard InChI is InChI=1S/C19H19N3O4/c20-17(24)15-13(16(23)12-6-2-1-3-7-12)8-4-9-14(15)22-19(18(25)26)10-5-11-21-19/h1-4,6-9,21-22H,5,10-11H2,(H2,20,24)(H,25,26)/t19-/m0/s1. The third-order valence-corrected chi connectivity index (χ3v) is 4.46. The molecule has 0 aliphatic carbocycles. The first-order valence-electron chi connectivity index (χ1n) is 8.24. The Balaban J connectivity index is 2.06. The van der Waals surface area contributed by atoms with Gasteiger partial charge in [0.05, 0.1) is 5.56 Å². The number of aliphatic carboxylic acids is 1. The highest BCUT2D eigenvalue weighted by Crippen LogP contribution is 2.28. The van der Waals surface area contributed by atoms with Crippen molar-refractivity contribution in [2.45, 2.75) is 18.5 Å². The van der Waals surface area contributed by atoms with Crippen LogP contribution in [0.15, 0.2) is 48.5 Å². The van der Waals surface area contributed by atoms with Crippen molar-refractivity contribution in [3.8, 4) is 0 Å². The normalized spacial score (nSPS) is 19.1. The Morgan fingerprint density at radius 1 is 1.08 bits per heavy atom. The Morgan fingerprint density at radius 2 is 1.81 bits per heavy atom. The summed E-state index contributed by atoms with van der Waals surface area (Å²) in [6, 6.07) is 13.2. The second kappa shape index (κ2) is 6.97. The molecule has 1 aliphatic heterocycles. The van der Waals surface area contributed by atoms with Gasteiger partial charge in [-0.2, -0.15) is 0 Å². The smallest absolute Gasteiger partial charge is 0.344 e. The van der Waals surface area contributed by atoms with E-state index >= 15 is 0 Å². The van der Waals surface area contributed by atoms with Crippen LogP contribution >= 0.6 is 0 Å². The third kappa shape index (κ3) is 3.16. The number of hydrogen-bond acceptors (Lipinski definition) is 5. The molecule has 1 atom stereocenters. The molecule has 1 fully saturated rings. The molecule has 0 aromatic heterocycles. The van der Waals surface area contributed by atoms with Gasteiger partial charge in [0.25, 0.3) is 5.91 Å². The van der Waals surface area contributed by atoms with E-state index in [1.807, 2.05) is 0 Å². The highest BCUT2D eigenvalue weighted by atomic mass is 16.4. The molecular formula is C19H19N3O4. The van der Waals surface area contributed by atoms with Crippen LogP contribution in [0.1, 0.15) is 39.1 Å². The van der Waals surface area contributed by atoms with Gasteiger partial charge in [-0.1, -0.05) is 42.5 Å². The fraction of sp³-hybridized carbons (Fsp3) is 0.211. The number of amides is 1. The van der Waals surface area contributed by atoms with Crippen molar-refractivity contribution in [1.29, 1.82) is 0 Å². The van der Waals surface area contributed by atoms with Crippen LogP contribution in [0, 0.1) is 0 Å². The molecule has 3 rings (SSSR count). The van der Waals surface area contributed by atoms with Crippen LogP contribution in [0.4, 0.5) is 5.69 Å². The lowest BCUT2D eigenvalue weighted by molar-refractivity contribution is -0.143. The minimum atomic E-state index is -1.39. The number of nitrogens with one attached hydrogen (secondary N) is 2. The Morgan fingerprint density at radius 3 is 2.38 bits per heavy atom. The van der Waals surface area contributed by atoms with Gasteiger partial charge in [-0.3, -0.25) is 14.9 Å². The summed E-state index contributed by atoms with van der Waals surface area (Å²) < 4.78 is 0. The van der Waals surface area contributed by atoms with Gasteiger partial charge in [-0.25, -0.2) is 4.79 Å². The minimum absolute atomic E-state index is 0.0179. The molecule has 0 saturated carbocycles. The zero-order valence-corrected chi connectivity index (χ0v) is 14.0. The third-order valence-electron chi connectivity index (χ3n) is 4.46. The number of hydrogen-bond donors (Lipinski definition) is 4. The number of ketones is 1. The van der Waals surface area contributed by atoms with E-state index in [0.717, 1.165) is 0 Å². The van der Waals surface area contributed by atoms with Crippen molar-refractivity contribution >= 4 is 23.3 Å². The van der Waals surface area contributed by atoms with E-state index in [4.69, 9.17) is 5.73 Å². The molecule has 1 heterocycles. The quantitative estimate of drug-likeness (QED) is 0.585. The highest BCUT2D eigenvalue weighted by Gasteiger charge is 2.42. The molecule has 0 spiro atoms. The average molecular weight is 353 g/mol. The van der Waals surface area contributed by atoms with E-state index < -0.39 is 17.5 Å². The number of anilines is 1. The van der Waals surface area contributed by atoms with Crippen LogP contribution in [0.25, 0.3) is 0 Å². The van der Waals surface area contributed by atoms with Crippen molar-refractivity contribution in [1.82, 2.24) is 5.32 Å². The second-order valence-electron chi connectivity index (χ2n) is 6.15. The molecule has 0 radical (unpaired) electrons. The maximum Gasteiger partial charge on any atom is 0.344 e. The van der Waals surface area contributed by atoms with E-state index in [-0.39, 0.29) is 22.6 Å². The topological polar surface area (TPSA) is 122 Å². The van der Waals surface area contributed by atoms with E-state index in [2.05, 4.69) is 10.6 Å². The van der Waals surface area contributed by atoms with E-state index in [0.29, 0.717) is 24.9 Å². The predicted octanol–water partition coefficient (Wildman–Crippen LogP) is 1.59. The number of nitrogens with two attached hydrogens (primary N) is 1. The van der Waals surface area contributed by atoms with Crippen LogP contribution in [0.5, 0.6) is 0 Å². The molecule has 2 aromatic carbocycles. The van der Waals surface area contributed by atoms with Crippen molar-refractivity contribution in [3.05, 3.63) is 65.2 Å². The zero-order valence-electron chi connectivity index (χ0n) is 14.0. The number of rotatable bonds is 6. The SMILES string of the molecule is NC(=O)c1c(N[C@]2(C(=O)O)CCCN2)cccc1C(=O)c1ccccc1. The monoisotopic (exact) mass is 353 g/mol. The highest BCUT2D eigenvalue weighted by molar-refractivity contribution is 6.17. The first kappa shape index (κ1) is 17.6. The lowest BCUT2D eigenvalue weighted by Gasteiger charge is -2.28. The van der Waals surface area contributed by atoms with Gasteiger partial charge >= 0.3 is 5.97 Å². The number of benzene rings is 2. The summed E-state index contributed by atoms with van der Waals surface area (Å²) in [5.74, 6) is -2.23. The summed E-state index contributed by atoms with van der Waals surface area (Å²) in [6.45, 7) is 0.536. The molecule has 1 aliphatic rings. The summed E-state index contributed by atoms with van der Waals surface area (Å²) >= 11 is 0. The minimum Gasteiger partial charge on any atom is -0.478 e. The van der Waals surface area contributed by atoms with Gasteiger partial charge < -0.3 is 16.2 Å². The van der Waals surface area contributed by atoms with Crippen molar-refractivity contribution in [2.24, 2.45) is 5.73 Å².